The fraction of sp³-hybridized carbons (Fsp3) is 0.375. The van der Waals surface area contributed by atoms with Crippen LogP contribution in [-0.2, 0) is 17.8 Å². The molecule has 3 nitrogen and oxygen atoms in total. The molecule has 0 aliphatic heterocycles. The van der Waals surface area contributed by atoms with Crippen LogP contribution in [0.15, 0.2) is 30.3 Å². The molecule has 20 heavy (non-hydrogen) atoms. The van der Waals surface area contributed by atoms with Crippen molar-refractivity contribution in [1.82, 2.24) is 9.97 Å². The summed E-state index contributed by atoms with van der Waals surface area (Å²) >= 11 is 5.22. The molecule has 2 rings (SSSR count). The molecule has 0 aliphatic carbocycles. The molecule has 2 aromatic rings. The van der Waals surface area contributed by atoms with E-state index in [-0.39, 0.29) is 0 Å². The van der Waals surface area contributed by atoms with Crippen molar-refractivity contribution in [1.29, 1.82) is 0 Å². The van der Waals surface area contributed by atoms with Crippen molar-refractivity contribution < 1.29 is 4.74 Å². The Labute approximate surface area is 125 Å². The quantitative estimate of drug-likeness (QED) is 0.840. The van der Waals surface area contributed by atoms with Crippen LogP contribution in [0.5, 0.6) is 0 Å². The van der Waals surface area contributed by atoms with Gasteiger partial charge in [0, 0.05) is 12.8 Å². The average Bonchev–Trinajstić information content (AvgIpc) is 2.38. The third-order valence-electron chi connectivity index (χ3n) is 2.95. The molecule has 106 valence electrons. The summed E-state index contributed by atoms with van der Waals surface area (Å²) in [5.74, 6) is 1.40. The maximum atomic E-state index is 5.22. The van der Waals surface area contributed by atoms with Crippen molar-refractivity contribution in [2.75, 3.05) is 7.11 Å². The fourth-order valence-corrected chi connectivity index (χ4v) is 2.43. The molecule has 1 aromatic carbocycles. The Bertz CT molecular complexity index is 634. The molecule has 0 saturated heterocycles. The van der Waals surface area contributed by atoms with Crippen LogP contribution >= 0.6 is 12.2 Å². The second-order valence-electron chi connectivity index (χ2n) is 5.31. The first-order valence-electron chi connectivity index (χ1n) is 6.77. The van der Waals surface area contributed by atoms with Crippen molar-refractivity contribution in [3.05, 3.63) is 46.4 Å². The van der Waals surface area contributed by atoms with Crippen molar-refractivity contribution >= 4 is 12.2 Å². The van der Waals surface area contributed by atoms with Gasteiger partial charge in [-0.1, -0.05) is 44.3 Å². The molecule has 0 bridgehead atoms. The summed E-state index contributed by atoms with van der Waals surface area (Å²) in [6.45, 7) is 4.88. The highest BCUT2D eigenvalue weighted by Gasteiger charge is 2.04. The molecule has 1 heterocycles. The van der Waals surface area contributed by atoms with E-state index in [4.69, 9.17) is 17.0 Å². The Morgan fingerprint density at radius 3 is 2.80 bits per heavy atom. The van der Waals surface area contributed by atoms with Crippen molar-refractivity contribution in [2.24, 2.45) is 5.92 Å². The predicted octanol–water partition coefficient (Wildman–Crippen LogP) is 4.15. The zero-order valence-electron chi connectivity index (χ0n) is 12.1. The first kappa shape index (κ1) is 14.9. The Kier molecular flexibility index (Phi) is 5.04. The largest absolute Gasteiger partial charge is 0.377 e. The van der Waals surface area contributed by atoms with E-state index in [9.17, 15) is 0 Å². The van der Waals surface area contributed by atoms with Crippen molar-refractivity contribution in [3.8, 4) is 11.3 Å². The zero-order chi connectivity index (χ0) is 14.5. The SMILES string of the molecule is COCc1nc(=S)cc(-c2cccc(CC(C)C)c2)[nH]1. The van der Waals surface area contributed by atoms with E-state index in [1.807, 2.05) is 6.07 Å². The summed E-state index contributed by atoms with van der Waals surface area (Å²) < 4.78 is 5.69. The lowest BCUT2D eigenvalue weighted by atomic mass is 10.00. The lowest BCUT2D eigenvalue weighted by molar-refractivity contribution is 0.177. The predicted molar refractivity (Wildman–Crippen MR) is 84.1 cm³/mol. The zero-order valence-corrected chi connectivity index (χ0v) is 13.0. The normalized spacial score (nSPS) is 11.0. The third-order valence-corrected chi connectivity index (χ3v) is 3.16. The van der Waals surface area contributed by atoms with Gasteiger partial charge in [0.05, 0.1) is 0 Å². The van der Waals surface area contributed by atoms with Crippen LogP contribution in [0.25, 0.3) is 11.3 Å². The van der Waals surface area contributed by atoms with Gasteiger partial charge in [0.15, 0.2) is 0 Å². The molecule has 4 heteroatoms. The van der Waals surface area contributed by atoms with Gasteiger partial charge < -0.3 is 9.72 Å². The van der Waals surface area contributed by atoms with Gasteiger partial charge in [-0.05, 0) is 35.6 Å². The van der Waals surface area contributed by atoms with Crippen LogP contribution in [0.4, 0.5) is 0 Å². The third kappa shape index (κ3) is 3.99. The van der Waals surface area contributed by atoms with Crippen LogP contribution in [0, 0.1) is 10.6 Å². The molecule has 0 amide bonds. The lowest BCUT2D eigenvalue weighted by Gasteiger charge is -2.09. The lowest BCUT2D eigenvalue weighted by Crippen LogP contribution is -1.99. The topological polar surface area (TPSA) is 37.9 Å². The highest BCUT2D eigenvalue weighted by atomic mass is 32.1. The standard InChI is InChI=1S/C16H20N2OS/c1-11(2)7-12-5-4-6-13(8-12)14-9-16(20)18-15(17-14)10-19-3/h4-6,8-9,11H,7,10H2,1-3H3,(H,17,18,20). The number of aromatic amines is 1. The summed E-state index contributed by atoms with van der Waals surface area (Å²) in [4.78, 5) is 7.53. The summed E-state index contributed by atoms with van der Waals surface area (Å²) in [6.07, 6.45) is 1.07. The second kappa shape index (κ2) is 6.77. The van der Waals surface area contributed by atoms with Crippen LogP contribution in [0.1, 0.15) is 25.2 Å². The van der Waals surface area contributed by atoms with E-state index in [1.165, 1.54) is 5.56 Å². The van der Waals surface area contributed by atoms with Gasteiger partial charge in [-0.15, -0.1) is 0 Å². The van der Waals surface area contributed by atoms with E-state index in [0.717, 1.165) is 23.5 Å². The monoisotopic (exact) mass is 288 g/mol. The summed E-state index contributed by atoms with van der Waals surface area (Å²) in [7, 11) is 1.65. The van der Waals surface area contributed by atoms with Gasteiger partial charge >= 0.3 is 0 Å². The first-order chi connectivity index (χ1) is 9.58. The van der Waals surface area contributed by atoms with Gasteiger partial charge in [0.1, 0.15) is 17.1 Å². The van der Waals surface area contributed by atoms with Gasteiger partial charge in [-0.2, -0.15) is 0 Å². The minimum atomic E-state index is 0.434. The highest BCUT2D eigenvalue weighted by Crippen LogP contribution is 2.20. The average molecular weight is 288 g/mol. The number of nitrogens with zero attached hydrogens (tertiary/aromatic N) is 1. The summed E-state index contributed by atoms with van der Waals surface area (Å²) in [6, 6.07) is 10.4. The van der Waals surface area contributed by atoms with Crippen LogP contribution < -0.4 is 0 Å². The molecule has 1 aromatic heterocycles. The number of ether oxygens (including phenoxy) is 1. The molecule has 0 aliphatic rings. The maximum absolute atomic E-state index is 5.22. The molecule has 1 N–H and O–H groups in total. The molecule has 0 atom stereocenters. The van der Waals surface area contributed by atoms with Crippen LogP contribution in [-0.4, -0.2) is 17.1 Å². The summed E-state index contributed by atoms with van der Waals surface area (Å²) in [5, 5.41) is 0. The first-order valence-corrected chi connectivity index (χ1v) is 7.18. The molecule has 0 spiro atoms. The molecule has 0 saturated carbocycles. The Morgan fingerprint density at radius 2 is 2.10 bits per heavy atom. The number of nitrogens with one attached hydrogen (secondary N) is 1. The van der Waals surface area contributed by atoms with Gasteiger partial charge in [0.25, 0.3) is 0 Å². The van der Waals surface area contributed by atoms with Crippen LogP contribution in [0.2, 0.25) is 0 Å². The molecule has 0 unspecified atom stereocenters. The summed E-state index contributed by atoms with van der Waals surface area (Å²) in [5.41, 5.74) is 3.46. The Hall–Kier alpha value is -1.52. The van der Waals surface area contributed by atoms with E-state index < -0.39 is 0 Å². The number of hydrogen-bond acceptors (Lipinski definition) is 3. The van der Waals surface area contributed by atoms with Gasteiger partial charge in [-0.25, -0.2) is 4.98 Å². The Balaban J connectivity index is 2.38. The smallest absolute Gasteiger partial charge is 0.134 e. The number of H-pyrrole nitrogens is 1. The fourth-order valence-electron chi connectivity index (χ4n) is 2.21. The van der Waals surface area contributed by atoms with Crippen molar-refractivity contribution in [2.45, 2.75) is 26.9 Å². The van der Waals surface area contributed by atoms with E-state index >= 15 is 0 Å². The Morgan fingerprint density at radius 1 is 1.30 bits per heavy atom. The van der Waals surface area contributed by atoms with Crippen LogP contribution in [0.3, 0.4) is 0 Å². The number of hydrogen-bond donors (Lipinski definition) is 1. The number of rotatable bonds is 5. The minimum absolute atomic E-state index is 0.434. The number of aromatic nitrogens is 2. The van der Waals surface area contributed by atoms with E-state index in [0.29, 0.717) is 17.2 Å². The molecular formula is C16H20N2OS. The van der Waals surface area contributed by atoms with Gasteiger partial charge in [-0.3, -0.25) is 0 Å². The van der Waals surface area contributed by atoms with Crippen molar-refractivity contribution in [3.63, 3.8) is 0 Å². The second-order valence-corrected chi connectivity index (χ2v) is 5.73. The van der Waals surface area contributed by atoms with Gasteiger partial charge in [0.2, 0.25) is 0 Å². The minimum Gasteiger partial charge on any atom is -0.377 e. The number of methoxy groups -OCH3 is 1. The van der Waals surface area contributed by atoms with E-state index in [2.05, 4.69) is 48.1 Å². The highest BCUT2D eigenvalue weighted by molar-refractivity contribution is 7.71. The maximum Gasteiger partial charge on any atom is 0.134 e. The molecule has 0 radical (unpaired) electrons. The number of benzene rings is 1. The van der Waals surface area contributed by atoms with E-state index in [1.54, 1.807) is 7.11 Å². The molecule has 0 fully saturated rings. The molecular weight excluding hydrogens is 268 g/mol.